The van der Waals surface area contributed by atoms with E-state index in [1.807, 2.05) is 43.3 Å². The zero-order chi connectivity index (χ0) is 19.1. The minimum atomic E-state index is -3.68. The Morgan fingerprint density at radius 2 is 1.26 bits per heavy atom. The normalized spacial score (nSPS) is 11.9. The summed E-state index contributed by atoms with van der Waals surface area (Å²) in [6, 6.07) is 27.0. The van der Waals surface area contributed by atoms with Crippen LogP contribution in [0.3, 0.4) is 0 Å². The van der Waals surface area contributed by atoms with Crippen LogP contribution in [-0.4, -0.2) is 14.0 Å². The number of hydrogen-bond donors (Lipinski definition) is 0. The lowest BCUT2D eigenvalue weighted by atomic mass is 10.2. The van der Waals surface area contributed by atoms with Crippen LogP contribution >= 0.6 is 10.9 Å². The quantitative estimate of drug-likeness (QED) is 0.397. The highest BCUT2D eigenvalue weighted by Gasteiger charge is 2.13. The second kappa shape index (κ2) is 9.02. The number of hydrogen-bond acceptors (Lipinski definition) is 2. The fourth-order valence-corrected chi connectivity index (χ4v) is 5.62. The van der Waals surface area contributed by atoms with Gasteiger partial charge in [0.25, 0.3) is 10.0 Å². The Balaban J connectivity index is 1.83. The number of sulfonamides is 1. The zero-order valence-corrected chi connectivity index (χ0v) is 16.8. The summed E-state index contributed by atoms with van der Waals surface area (Å²) < 4.78 is 29.1. The number of benzene rings is 3. The van der Waals surface area contributed by atoms with E-state index in [4.69, 9.17) is 0 Å². The molecule has 0 aliphatic heterocycles. The van der Waals surface area contributed by atoms with E-state index in [1.165, 1.54) is 11.1 Å². The van der Waals surface area contributed by atoms with Crippen molar-refractivity contribution in [3.05, 3.63) is 102 Å². The molecule has 0 amide bonds. The fraction of sp³-hybridized carbons (Fsp3) is 0.136. The van der Waals surface area contributed by atoms with E-state index >= 15 is 0 Å². The van der Waals surface area contributed by atoms with Gasteiger partial charge in [0.2, 0.25) is 0 Å². The first kappa shape index (κ1) is 19.4. The van der Waals surface area contributed by atoms with Crippen LogP contribution in [-0.2, 0) is 21.5 Å². The van der Waals surface area contributed by atoms with Crippen molar-refractivity contribution in [1.29, 1.82) is 0 Å². The van der Waals surface area contributed by atoms with Gasteiger partial charge in [-0.3, -0.25) is 0 Å². The molecular weight excluding hydrogens is 374 g/mol. The predicted octanol–water partition coefficient (Wildman–Crippen LogP) is 5.38. The summed E-state index contributed by atoms with van der Waals surface area (Å²) >= 11 is 0. The SMILES string of the molecule is Cc1ccc(S(=O)(=O)N=C[S](Cc2ccccc2)Cc2ccccc2)cc1. The molecule has 0 spiro atoms. The number of nitrogens with zero attached hydrogens (tertiary/aromatic N) is 1. The summed E-state index contributed by atoms with van der Waals surface area (Å²) in [6.45, 7) is 1.93. The van der Waals surface area contributed by atoms with Crippen LogP contribution in [0.2, 0.25) is 0 Å². The highest BCUT2D eigenvalue weighted by Crippen LogP contribution is 2.32. The van der Waals surface area contributed by atoms with Gasteiger partial charge in [-0.2, -0.15) is 23.7 Å². The standard InChI is InChI=1S/C22H22NO2S2/c1-19-12-14-22(15-13-19)27(24,25)23-18-26(16-20-8-4-2-5-9-20)17-21-10-6-3-7-11-21/h2-15,18H,16-17H2,1H3. The van der Waals surface area contributed by atoms with Crippen molar-refractivity contribution >= 4 is 26.5 Å². The summed E-state index contributed by atoms with van der Waals surface area (Å²) in [5, 5.41) is 0. The van der Waals surface area contributed by atoms with Gasteiger partial charge in [0.05, 0.1) is 10.4 Å². The molecular formula is C22H22NO2S2. The largest absolute Gasteiger partial charge is 0.282 e. The molecule has 3 rings (SSSR count). The Morgan fingerprint density at radius 1 is 0.778 bits per heavy atom. The molecule has 3 nitrogen and oxygen atoms in total. The monoisotopic (exact) mass is 396 g/mol. The Bertz CT molecular complexity index is 942. The highest BCUT2D eigenvalue weighted by atomic mass is 32.2. The Kier molecular flexibility index (Phi) is 6.48. The molecule has 3 aromatic carbocycles. The smallest absolute Gasteiger partial charge is 0.199 e. The van der Waals surface area contributed by atoms with Crippen molar-refractivity contribution in [2.24, 2.45) is 4.40 Å². The second-order valence-corrected chi connectivity index (χ2v) is 9.79. The van der Waals surface area contributed by atoms with Crippen molar-refractivity contribution in [3.63, 3.8) is 0 Å². The molecule has 3 aromatic rings. The van der Waals surface area contributed by atoms with Crippen LogP contribution in [0, 0.1) is 6.92 Å². The maximum atomic E-state index is 12.6. The van der Waals surface area contributed by atoms with Gasteiger partial charge in [-0.15, -0.1) is 0 Å². The average Bonchev–Trinajstić information content (AvgIpc) is 2.68. The number of rotatable bonds is 7. The molecule has 0 N–H and O–H groups in total. The Morgan fingerprint density at radius 3 is 1.74 bits per heavy atom. The Hall–Kier alpha value is -2.37. The first-order valence-electron chi connectivity index (χ1n) is 8.64. The third-order valence-electron chi connectivity index (χ3n) is 4.04. The van der Waals surface area contributed by atoms with E-state index in [2.05, 4.69) is 28.7 Å². The molecule has 0 aromatic heterocycles. The van der Waals surface area contributed by atoms with Crippen molar-refractivity contribution < 1.29 is 8.42 Å². The highest BCUT2D eigenvalue weighted by molar-refractivity contribution is 8.27. The maximum Gasteiger partial charge on any atom is 0.282 e. The van der Waals surface area contributed by atoms with Gasteiger partial charge in [-0.1, -0.05) is 78.4 Å². The number of aryl methyl sites for hydroxylation is 1. The van der Waals surface area contributed by atoms with Crippen molar-refractivity contribution in [2.75, 3.05) is 0 Å². The predicted molar refractivity (Wildman–Crippen MR) is 115 cm³/mol. The van der Waals surface area contributed by atoms with E-state index in [1.54, 1.807) is 29.8 Å². The third-order valence-corrected chi connectivity index (χ3v) is 7.24. The molecule has 0 unspecified atom stereocenters. The second-order valence-electron chi connectivity index (χ2n) is 6.30. The molecule has 0 aliphatic rings. The summed E-state index contributed by atoms with van der Waals surface area (Å²) in [7, 11) is -4.00. The zero-order valence-electron chi connectivity index (χ0n) is 15.2. The summed E-state index contributed by atoms with van der Waals surface area (Å²) in [5.74, 6) is 1.53. The van der Waals surface area contributed by atoms with E-state index in [9.17, 15) is 8.42 Å². The molecule has 0 fully saturated rings. The van der Waals surface area contributed by atoms with Crippen LogP contribution in [0.5, 0.6) is 0 Å². The van der Waals surface area contributed by atoms with Crippen LogP contribution in [0.15, 0.2) is 94.2 Å². The van der Waals surface area contributed by atoms with Crippen molar-refractivity contribution in [2.45, 2.75) is 23.3 Å². The van der Waals surface area contributed by atoms with Crippen LogP contribution in [0.25, 0.3) is 0 Å². The molecule has 0 saturated carbocycles. The lowest BCUT2D eigenvalue weighted by Gasteiger charge is -2.15. The van der Waals surface area contributed by atoms with Gasteiger partial charge < -0.3 is 0 Å². The van der Waals surface area contributed by atoms with Gasteiger partial charge >= 0.3 is 0 Å². The average molecular weight is 397 g/mol. The molecule has 0 atom stereocenters. The van der Waals surface area contributed by atoms with Gasteiger partial charge in [0.1, 0.15) is 0 Å². The van der Waals surface area contributed by atoms with Gasteiger partial charge in [0, 0.05) is 11.5 Å². The molecule has 0 bridgehead atoms. The molecule has 27 heavy (non-hydrogen) atoms. The van der Waals surface area contributed by atoms with Crippen LogP contribution in [0.4, 0.5) is 0 Å². The molecule has 0 saturated heterocycles. The van der Waals surface area contributed by atoms with E-state index in [0.717, 1.165) is 17.1 Å². The molecule has 0 heterocycles. The summed E-state index contributed by atoms with van der Waals surface area (Å²) in [6.07, 6.45) is 0. The first-order valence-corrected chi connectivity index (χ1v) is 11.7. The Labute approximate surface area is 164 Å². The topological polar surface area (TPSA) is 46.5 Å². The van der Waals surface area contributed by atoms with E-state index < -0.39 is 10.0 Å². The van der Waals surface area contributed by atoms with Crippen LogP contribution in [0.1, 0.15) is 16.7 Å². The fourth-order valence-electron chi connectivity index (χ4n) is 2.59. The first-order chi connectivity index (χ1) is 13.0. The van der Waals surface area contributed by atoms with E-state index in [0.29, 0.717) is 0 Å². The van der Waals surface area contributed by atoms with Crippen molar-refractivity contribution in [1.82, 2.24) is 0 Å². The minimum absolute atomic E-state index is 0.229. The maximum absolute atomic E-state index is 12.6. The summed E-state index contributed by atoms with van der Waals surface area (Å²) in [4.78, 5) is 0.229. The molecule has 1 radical (unpaired) electrons. The summed E-state index contributed by atoms with van der Waals surface area (Å²) in [5.41, 5.74) is 4.99. The lowest BCUT2D eigenvalue weighted by molar-refractivity contribution is 0.598. The van der Waals surface area contributed by atoms with Gasteiger partial charge in [0.15, 0.2) is 0 Å². The molecule has 139 valence electrons. The minimum Gasteiger partial charge on any atom is -0.199 e. The van der Waals surface area contributed by atoms with Crippen LogP contribution < -0.4 is 0 Å². The molecule has 0 aliphatic carbocycles. The third kappa shape index (κ3) is 5.81. The van der Waals surface area contributed by atoms with Gasteiger partial charge in [-0.05, 0) is 30.2 Å². The van der Waals surface area contributed by atoms with E-state index in [-0.39, 0.29) is 15.8 Å². The molecule has 5 heteroatoms. The lowest BCUT2D eigenvalue weighted by Crippen LogP contribution is -2.00. The van der Waals surface area contributed by atoms with Crippen molar-refractivity contribution in [3.8, 4) is 0 Å². The van der Waals surface area contributed by atoms with Gasteiger partial charge in [-0.25, -0.2) is 0 Å².